The molecule has 2 N–H and O–H groups in total. The Labute approximate surface area is 121 Å². The normalized spacial score (nSPS) is 13.2. The number of carbonyl (C=O) groups is 2. The number of carbonyl (C=O) groups excluding carboxylic acids is 2. The molecule has 5 nitrogen and oxygen atoms in total. The van der Waals surface area contributed by atoms with Crippen LogP contribution in [-0.2, 0) is 0 Å². The van der Waals surface area contributed by atoms with Gasteiger partial charge >= 0.3 is 0 Å². The van der Waals surface area contributed by atoms with Crippen molar-refractivity contribution in [3.63, 3.8) is 0 Å². The highest BCUT2D eigenvalue weighted by Gasteiger charge is 2.39. The summed E-state index contributed by atoms with van der Waals surface area (Å²) >= 11 is 0. The monoisotopic (exact) mass is 277 g/mol. The molecule has 0 radical (unpaired) electrons. The topological polar surface area (TPSA) is 87.2 Å². The number of rotatable bonds is 1. The Balaban J connectivity index is 2.23. The van der Waals surface area contributed by atoms with Crippen molar-refractivity contribution in [1.29, 1.82) is 5.26 Å². The molecule has 0 bridgehead atoms. The predicted octanol–water partition coefficient (Wildman–Crippen LogP) is 2.25. The lowest BCUT2D eigenvalue weighted by atomic mass is 10.1. The third kappa shape index (κ3) is 1.70. The smallest absolute Gasteiger partial charge is 0.268 e. The number of hydrogen-bond donors (Lipinski definition) is 1. The standard InChI is InChI=1S/C16H11N3O2/c1-9-4-2-7-13(11(9)8-17)19-15(20)10-5-3-6-12(18)14(10)16(19)21/h2-7H,18H2,1H3. The number of amides is 2. The zero-order valence-corrected chi connectivity index (χ0v) is 11.3. The molecule has 1 heterocycles. The van der Waals surface area contributed by atoms with E-state index in [1.54, 1.807) is 43.3 Å². The van der Waals surface area contributed by atoms with E-state index in [9.17, 15) is 14.9 Å². The molecule has 0 spiro atoms. The Morgan fingerprint density at radius 2 is 1.81 bits per heavy atom. The Morgan fingerprint density at radius 3 is 2.48 bits per heavy atom. The van der Waals surface area contributed by atoms with Crippen molar-refractivity contribution < 1.29 is 9.59 Å². The zero-order valence-electron chi connectivity index (χ0n) is 11.3. The molecule has 2 aromatic carbocycles. The summed E-state index contributed by atoms with van der Waals surface area (Å²) in [6.45, 7) is 1.76. The van der Waals surface area contributed by atoms with E-state index >= 15 is 0 Å². The van der Waals surface area contributed by atoms with Gasteiger partial charge in [0, 0.05) is 5.69 Å². The van der Waals surface area contributed by atoms with E-state index in [-0.39, 0.29) is 16.8 Å². The van der Waals surface area contributed by atoms with E-state index in [0.717, 1.165) is 4.90 Å². The molecule has 0 fully saturated rings. The highest BCUT2D eigenvalue weighted by atomic mass is 16.2. The number of nitrogens with two attached hydrogens (primary N) is 1. The molecule has 0 saturated heterocycles. The minimum Gasteiger partial charge on any atom is -0.398 e. The third-order valence-electron chi connectivity index (χ3n) is 3.55. The molecule has 5 heteroatoms. The number of anilines is 2. The predicted molar refractivity (Wildman–Crippen MR) is 77.9 cm³/mol. The van der Waals surface area contributed by atoms with Gasteiger partial charge in [-0.05, 0) is 30.7 Å². The van der Waals surface area contributed by atoms with Gasteiger partial charge in [0.1, 0.15) is 6.07 Å². The highest BCUT2D eigenvalue weighted by Crippen LogP contribution is 2.33. The number of benzene rings is 2. The second-order valence-electron chi connectivity index (χ2n) is 4.80. The summed E-state index contributed by atoms with van der Waals surface area (Å²) in [5, 5.41) is 9.28. The van der Waals surface area contributed by atoms with Crippen molar-refractivity contribution in [2.75, 3.05) is 10.6 Å². The van der Waals surface area contributed by atoms with Crippen LogP contribution in [0.3, 0.4) is 0 Å². The van der Waals surface area contributed by atoms with Gasteiger partial charge in [-0.2, -0.15) is 5.26 Å². The van der Waals surface area contributed by atoms with Gasteiger partial charge in [-0.3, -0.25) is 9.59 Å². The molecule has 21 heavy (non-hydrogen) atoms. The minimum absolute atomic E-state index is 0.202. The molecule has 2 amide bonds. The first-order valence-electron chi connectivity index (χ1n) is 6.33. The van der Waals surface area contributed by atoms with E-state index in [1.807, 2.05) is 6.07 Å². The molecular formula is C16H11N3O2. The van der Waals surface area contributed by atoms with E-state index < -0.39 is 11.8 Å². The van der Waals surface area contributed by atoms with Crippen LogP contribution < -0.4 is 10.6 Å². The largest absolute Gasteiger partial charge is 0.398 e. The van der Waals surface area contributed by atoms with Crippen molar-refractivity contribution in [3.05, 3.63) is 58.7 Å². The molecule has 0 aromatic heterocycles. The first-order chi connectivity index (χ1) is 10.1. The van der Waals surface area contributed by atoms with Crippen LogP contribution in [0.15, 0.2) is 36.4 Å². The first kappa shape index (κ1) is 12.9. The van der Waals surface area contributed by atoms with Crippen LogP contribution in [0.1, 0.15) is 31.8 Å². The summed E-state index contributed by atoms with van der Waals surface area (Å²) in [6, 6.07) is 11.9. The van der Waals surface area contributed by atoms with Crippen LogP contribution in [0.4, 0.5) is 11.4 Å². The van der Waals surface area contributed by atoms with Gasteiger partial charge in [0.05, 0.1) is 22.4 Å². The molecular weight excluding hydrogens is 266 g/mol. The molecule has 3 rings (SSSR count). The van der Waals surface area contributed by atoms with E-state index in [1.165, 1.54) is 0 Å². The SMILES string of the molecule is Cc1cccc(N2C(=O)c3cccc(N)c3C2=O)c1C#N. The van der Waals surface area contributed by atoms with Gasteiger partial charge in [0.15, 0.2) is 0 Å². The van der Waals surface area contributed by atoms with Gasteiger partial charge in [0.25, 0.3) is 11.8 Å². The summed E-state index contributed by atoms with van der Waals surface area (Å²) in [5.74, 6) is -0.945. The molecule has 0 atom stereocenters. The number of fused-ring (bicyclic) bond motifs is 1. The first-order valence-corrected chi connectivity index (χ1v) is 6.33. The molecule has 0 saturated carbocycles. The van der Waals surface area contributed by atoms with Crippen molar-refractivity contribution in [2.24, 2.45) is 0 Å². The van der Waals surface area contributed by atoms with Crippen LogP contribution in [0, 0.1) is 18.3 Å². The van der Waals surface area contributed by atoms with Crippen LogP contribution in [0.5, 0.6) is 0 Å². The zero-order chi connectivity index (χ0) is 15.1. The summed E-state index contributed by atoms with van der Waals surface area (Å²) in [7, 11) is 0. The number of imide groups is 1. The summed E-state index contributed by atoms with van der Waals surface area (Å²) in [6.07, 6.45) is 0. The Morgan fingerprint density at radius 1 is 1.10 bits per heavy atom. The van der Waals surface area contributed by atoms with Gasteiger partial charge < -0.3 is 5.73 Å². The minimum atomic E-state index is -0.491. The number of nitrogens with zero attached hydrogens (tertiary/aromatic N) is 2. The average molecular weight is 277 g/mol. The second kappa shape index (κ2) is 4.46. The number of nitriles is 1. The molecule has 1 aliphatic rings. The van der Waals surface area contributed by atoms with Gasteiger partial charge in [0.2, 0.25) is 0 Å². The molecule has 0 unspecified atom stereocenters. The van der Waals surface area contributed by atoms with Crippen molar-refractivity contribution >= 4 is 23.2 Å². The fourth-order valence-corrected chi connectivity index (χ4v) is 2.51. The maximum atomic E-state index is 12.5. The third-order valence-corrected chi connectivity index (χ3v) is 3.55. The van der Waals surface area contributed by atoms with Gasteiger partial charge in [-0.15, -0.1) is 0 Å². The Hall–Kier alpha value is -3.13. The van der Waals surface area contributed by atoms with Crippen molar-refractivity contribution in [2.45, 2.75) is 6.92 Å². The lowest BCUT2D eigenvalue weighted by Crippen LogP contribution is -2.30. The second-order valence-corrected chi connectivity index (χ2v) is 4.80. The number of nitrogen functional groups attached to an aromatic ring is 1. The lowest BCUT2D eigenvalue weighted by Gasteiger charge is -2.16. The lowest BCUT2D eigenvalue weighted by molar-refractivity contribution is 0.0926. The number of aryl methyl sites for hydroxylation is 1. The highest BCUT2D eigenvalue weighted by molar-refractivity contribution is 6.36. The van der Waals surface area contributed by atoms with Gasteiger partial charge in [-0.1, -0.05) is 18.2 Å². The van der Waals surface area contributed by atoms with Gasteiger partial charge in [-0.25, -0.2) is 4.90 Å². The quantitative estimate of drug-likeness (QED) is 0.639. The van der Waals surface area contributed by atoms with Crippen LogP contribution >= 0.6 is 0 Å². The maximum absolute atomic E-state index is 12.5. The van der Waals surface area contributed by atoms with Crippen molar-refractivity contribution in [1.82, 2.24) is 0 Å². The van der Waals surface area contributed by atoms with Crippen molar-refractivity contribution in [3.8, 4) is 6.07 Å². The maximum Gasteiger partial charge on any atom is 0.268 e. The summed E-state index contributed by atoms with van der Waals surface area (Å²) in [4.78, 5) is 26.0. The average Bonchev–Trinajstić information content (AvgIpc) is 2.72. The fourth-order valence-electron chi connectivity index (χ4n) is 2.51. The molecule has 0 aliphatic carbocycles. The van der Waals surface area contributed by atoms with Crippen LogP contribution in [0.25, 0.3) is 0 Å². The van der Waals surface area contributed by atoms with E-state index in [0.29, 0.717) is 16.8 Å². The Kier molecular flexibility index (Phi) is 2.73. The van der Waals surface area contributed by atoms with Crippen LogP contribution in [0.2, 0.25) is 0 Å². The fraction of sp³-hybridized carbons (Fsp3) is 0.0625. The van der Waals surface area contributed by atoms with E-state index in [4.69, 9.17) is 5.73 Å². The summed E-state index contributed by atoms with van der Waals surface area (Å²) < 4.78 is 0. The molecule has 1 aliphatic heterocycles. The Bertz CT molecular complexity index is 834. The molecule has 102 valence electrons. The number of hydrogen-bond acceptors (Lipinski definition) is 4. The van der Waals surface area contributed by atoms with Crippen LogP contribution in [-0.4, -0.2) is 11.8 Å². The van der Waals surface area contributed by atoms with E-state index in [2.05, 4.69) is 0 Å². The summed E-state index contributed by atoms with van der Waals surface area (Å²) in [5.41, 5.74) is 7.85. The molecule has 2 aromatic rings.